The Hall–Kier alpha value is -2.55. The van der Waals surface area contributed by atoms with E-state index in [2.05, 4.69) is 0 Å². The van der Waals surface area contributed by atoms with Gasteiger partial charge in [0.15, 0.2) is 0 Å². The highest BCUT2D eigenvalue weighted by Gasteiger charge is 2.35. The third-order valence-corrected chi connectivity index (χ3v) is 3.77. The Bertz CT molecular complexity index is 713. The Kier molecular flexibility index (Phi) is 4.89. The second-order valence-electron chi connectivity index (χ2n) is 4.34. The summed E-state index contributed by atoms with van der Waals surface area (Å²) in [5.41, 5.74) is 0.0438. The van der Waals surface area contributed by atoms with Crippen LogP contribution in [0.2, 0.25) is 0 Å². The second-order valence-corrected chi connectivity index (χ2v) is 5.40. The van der Waals surface area contributed by atoms with E-state index in [4.69, 9.17) is 9.84 Å². The van der Waals surface area contributed by atoms with Crippen molar-refractivity contribution in [1.29, 1.82) is 0 Å². The lowest BCUT2D eigenvalue weighted by Crippen LogP contribution is -2.14. The highest BCUT2D eigenvalue weighted by Crippen LogP contribution is 2.39. The SMILES string of the molecule is O=C(Nc1sc(C(F)(F)F)cc1C(=O)O)OCc1ccccc1. The van der Waals surface area contributed by atoms with Gasteiger partial charge in [-0.1, -0.05) is 30.3 Å². The summed E-state index contributed by atoms with van der Waals surface area (Å²) < 4.78 is 42.7. The minimum Gasteiger partial charge on any atom is -0.478 e. The molecule has 23 heavy (non-hydrogen) atoms. The molecule has 0 atom stereocenters. The summed E-state index contributed by atoms with van der Waals surface area (Å²) in [4.78, 5) is 21.5. The number of hydrogen-bond donors (Lipinski definition) is 2. The fraction of sp³-hybridized carbons (Fsp3) is 0.143. The van der Waals surface area contributed by atoms with E-state index in [1.54, 1.807) is 30.3 Å². The first-order valence-electron chi connectivity index (χ1n) is 6.19. The summed E-state index contributed by atoms with van der Waals surface area (Å²) >= 11 is 0.127. The molecule has 0 saturated carbocycles. The lowest BCUT2D eigenvalue weighted by Gasteiger charge is -2.06. The van der Waals surface area contributed by atoms with Crippen molar-refractivity contribution in [2.75, 3.05) is 5.32 Å². The number of rotatable bonds is 4. The van der Waals surface area contributed by atoms with Crippen LogP contribution in [0.3, 0.4) is 0 Å². The van der Waals surface area contributed by atoms with Gasteiger partial charge in [-0.25, -0.2) is 9.59 Å². The molecule has 1 heterocycles. The molecule has 0 aliphatic carbocycles. The number of carbonyl (C=O) groups excluding carboxylic acids is 1. The zero-order valence-corrected chi connectivity index (χ0v) is 12.2. The van der Waals surface area contributed by atoms with E-state index in [-0.39, 0.29) is 17.9 Å². The summed E-state index contributed by atoms with van der Waals surface area (Å²) in [6, 6.07) is 9.10. The topological polar surface area (TPSA) is 75.6 Å². The lowest BCUT2D eigenvalue weighted by atomic mass is 10.2. The van der Waals surface area contributed by atoms with E-state index < -0.39 is 33.7 Å². The van der Waals surface area contributed by atoms with Crippen molar-refractivity contribution in [3.05, 3.63) is 52.4 Å². The second kappa shape index (κ2) is 6.69. The molecule has 0 aliphatic rings. The molecule has 5 nitrogen and oxygen atoms in total. The molecule has 1 aromatic heterocycles. The summed E-state index contributed by atoms with van der Waals surface area (Å²) in [7, 11) is 0. The number of halogens is 3. The van der Waals surface area contributed by atoms with E-state index >= 15 is 0 Å². The number of amides is 1. The van der Waals surface area contributed by atoms with E-state index in [0.29, 0.717) is 11.6 Å². The third kappa shape index (κ3) is 4.46. The van der Waals surface area contributed by atoms with Gasteiger partial charge in [0.1, 0.15) is 16.5 Å². The third-order valence-electron chi connectivity index (χ3n) is 2.67. The average Bonchev–Trinajstić information content (AvgIpc) is 2.90. The number of hydrogen-bond acceptors (Lipinski definition) is 4. The van der Waals surface area contributed by atoms with Crippen molar-refractivity contribution in [3.63, 3.8) is 0 Å². The summed E-state index contributed by atoms with van der Waals surface area (Å²) in [6.45, 7) is -0.0907. The molecule has 0 saturated heterocycles. The molecule has 0 bridgehead atoms. The van der Waals surface area contributed by atoms with Gasteiger partial charge in [-0.3, -0.25) is 5.32 Å². The van der Waals surface area contributed by atoms with Crippen molar-refractivity contribution < 1.29 is 32.6 Å². The summed E-state index contributed by atoms with van der Waals surface area (Å²) in [5.74, 6) is -1.57. The molecular formula is C14H10F3NO4S. The van der Waals surface area contributed by atoms with E-state index in [1.165, 1.54) is 0 Å². The molecule has 0 radical (unpaired) electrons. The molecule has 0 spiro atoms. The maximum absolute atomic E-state index is 12.6. The van der Waals surface area contributed by atoms with E-state index in [1.807, 2.05) is 5.32 Å². The Labute approximate surface area is 132 Å². The number of carbonyl (C=O) groups is 2. The molecule has 0 aliphatic heterocycles. The summed E-state index contributed by atoms with van der Waals surface area (Å²) in [6.07, 6.45) is -5.73. The number of nitrogens with one attached hydrogen (secondary N) is 1. The molecule has 9 heteroatoms. The number of benzene rings is 1. The molecule has 2 rings (SSSR count). The standard InChI is InChI=1S/C14H10F3NO4S/c15-14(16,17)10-6-9(12(19)20)11(23-10)18-13(21)22-7-8-4-2-1-3-5-8/h1-6H,7H2,(H,18,21)(H,19,20). The maximum atomic E-state index is 12.6. The molecule has 1 aromatic carbocycles. The molecule has 2 aromatic rings. The van der Waals surface area contributed by atoms with Gasteiger partial charge >= 0.3 is 18.2 Å². The van der Waals surface area contributed by atoms with Crippen molar-refractivity contribution in [3.8, 4) is 0 Å². The van der Waals surface area contributed by atoms with Crippen LogP contribution in [0.4, 0.5) is 23.0 Å². The minimum absolute atomic E-state index is 0.0907. The van der Waals surface area contributed by atoms with Crippen molar-refractivity contribution in [2.45, 2.75) is 12.8 Å². The normalized spacial score (nSPS) is 11.1. The lowest BCUT2D eigenvalue weighted by molar-refractivity contribution is -0.134. The Balaban J connectivity index is 2.08. The Morgan fingerprint density at radius 3 is 2.43 bits per heavy atom. The molecular weight excluding hydrogens is 335 g/mol. The van der Waals surface area contributed by atoms with Crippen LogP contribution in [-0.4, -0.2) is 17.2 Å². The van der Waals surface area contributed by atoms with Crippen LogP contribution < -0.4 is 5.32 Å². The van der Waals surface area contributed by atoms with Gasteiger partial charge in [0.05, 0.1) is 5.56 Å². The van der Waals surface area contributed by atoms with Gasteiger partial charge in [-0.2, -0.15) is 13.2 Å². The van der Waals surface area contributed by atoms with Crippen LogP contribution in [0, 0.1) is 0 Å². The molecule has 1 amide bonds. The number of carboxylic acid groups (broad SMARTS) is 1. The molecule has 0 unspecified atom stereocenters. The Morgan fingerprint density at radius 1 is 1.22 bits per heavy atom. The Morgan fingerprint density at radius 2 is 1.87 bits per heavy atom. The van der Waals surface area contributed by atoms with Crippen LogP contribution in [0.25, 0.3) is 0 Å². The van der Waals surface area contributed by atoms with Crippen LogP contribution in [0.15, 0.2) is 36.4 Å². The first-order valence-corrected chi connectivity index (χ1v) is 7.01. The number of carboxylic acids is 1. The maximum Gasteiger partial charge on any atom is 0.425 e. The number of anilines is 1. The van der Waals surface area contributed by atoms with Gasteiger partial charge in [-0.15, -0.1) is 11.3 Å². The van der Waals surface area contributed by atoms with E-state index in [9.17, 15) is 22.8 Å². The van der Waals surface area contributed by atoms with Crippen molar-refractivity contribution in [1.82, 2.24) is 0 Å². The molecule has 2 N–H and O–H groups in total. The van der Waals surface area contributed by atoms with Gasteiger partial charge in [-0.05, 0) is 11.6 Å². The van der Waals surface area contributed by atoms with Gasteiger partial charge in [0, 0.05) is 0 Å². The number of aromatic carboxylic acids is 1. The highest BCUT2D eigenvalue weighted by molar-refractivity contribution is 7.16. The minimum atomic E-state index is -4.69. The number of ether oxygens (including phenoxy) is 1. The predicted octanol–water partition coefficient (Wildman–Crippen LogP) is 4.21. The van der Waals surface area contributed by atoms with Crippen LogP contribution in [0.1, 0.15) is 20.8 Å². The monoisotopic (exact) mass is 345 g/mol. The van der Waals surface area contributed by atoms with Crippen molar-refractivity contribution >= 4 is 28.4 Å². The van der Waals surface area contributed by atoms with Gasteiger partial charge in [0.2, 0.25) is 0 Å². The van der Waals surface area contributed by atoms with Crippen LogP contribution >= 0.6 is 11.3 Å². The van der Waals surface area contributed by atoms with E-state index in [0.717, 1.165) is 0 Å². The first kappa shape index (κ1) is 16.8. The van der Waals surface area contributed by atoms with Crippen LogP contribution in [-0.2, 0) is 17.5 Å². The van der Waals surface area contributed by atoms with Gasteiger partial charge in [0.25, 0.3) is 0 Å². The molecule has 0 fully saturated rings. The smallest absolute Gasteiger partial charge is 0.425 e. The number of alkyl halides is 3. The first-order chi connectivity index (χ1) is 10.8. The predicted molar refractivity (Wildman–Crippen MR) is 76.5 cm³/mol. The van der Waals surface area contributed by atoms with Crippen LogP contribution in [0.5, 0.6) is 0 Å². The highest BCUT2D eigenvalue weighted by atomic mass is 32.1. The number of thiophene rings is 1. The zero-order chi connectivity index (χ0) is 17.0. The zero-order valence-electron chi connectivity index (χ0n) is 11.4. The molecule has 122 valence electrons. The fourth-order valence-electron chi connectivity index (χ4n) is 1.63. The largest absolute Gasteiger partial charge is 0.478 e. The average molecular weight is 345 g/mol. The van der Waals surface area contributed by atoms with Crippen molar-refractivity contribution in [2.24, 2.45) is 0 Å². The van der Waals surface area contributed by atoms with Gasteiger partial charge < -0.3 is 9.84 Å². The quantitative estimate of drug-likeness (QED) is 0.870. The fourth-order valence-corrected chi connectivity index (χ4v) is 2.54. The summed E-state index contributed by atoms with van der Waals surface area (Å²) in [5, 5.41) is 10.5.